The highest BCUT2D eigenvalue weighted by Gasteiger charge is 2.55. The monoisotopic (exact) mass is 362 g/mol. The molecule has 2 fully saturated rings. The van der Waals surface area contributed by atoms with E-state index in [1.165, 1.54) is 17.0 Å². The van der Waals surface area contributed by atoms with E-state index >= 15 is 0 Å². The molecular weight excluding hydrogens is 339 g/mol. The fraction of sp³-hybridized carbons (Fsp3) is 0.526. The minimum atomic E-state index is -1.11. The largest absolute Gasteiger partial charge is 0.444 e. The molecule has 0 spiro atoms. The summed E-state index contributed by atoms with van der Waals surface area (Å²) >= 11 is 0. The van der Waals surface area contributed by atoms with Crippen molar-refractivity contribution in [2.45, 2.75) is 44.8 Å². The Morgan fingerprint density at radius 1 is 1.19 bits per heavy atom. The average molecular weight is 362 g/mol. The highest BCUT2D eigenvalue weighted by atomic mass is 19.1. The van der Waals surface area contributed by atoms with Crippen LogP contribution in [0.15, 0.2) is 24.3 Å². The van der Waals surface area contributed by atoms with Gasteiger partial charge < -0.3 is 14.5 Å². The molecule has 0 N–H and O–H groups in total. The Kier molecular flexibility index (Phi) is 4.50. The van der Waals surface area contributed by atoms with E-state index in [0.29, 0.717) is 6.54 Å². The van der Waals surface area contributed by atoms with Crippen molar-refractivity contribution < 1.29 is 23.5 Å². The van der Waals surface area contributed by atoms with Crippen LogP contribution in [-0.4, -0.2) is 58.4 Å². The molecule has 2 aliphatic rings. The van der Waals surface area contributed by atoms with Gasteiger partial charge in [0.1, 0.15) is 17.0 Å². The van der Waals surface area contributed by atoms with Gasteiger partial charge in [0.05, 0.1) is 13.0 Å². The van der Waals surface area contributed by atoms with Crippen LogP contribution in [0, 0.1) is 5.82 Å². The number of ether oxygens (including phenoxy) is 1. The molecule has 2 heterocycles. The first kappa shape index (κ1) is 18.4. The Hall–Kier alpha value is -2.44. The zero-order valence-corrected chi connectivity index (χ0v) is 15.3. The maximum Gasteiger partial charge on any atom is 0.410 e. The smallest absolute Gasteiger partial charge is 0.410 e. The zero-order valence-electron chi connectivity index (χ0n) is 15.3. The van der Waals surface area contributed by atoms with E-state index in [0.717, 1.165) is 5.56 Å². The lowest BCUT2D eigenvalue weighted by Gasteiger charge is -2.45. The summed E-state index contributed by atoms with van der Waals surface area (Å²) in [6.45, 7) is 6.02. The third-order valence-corrected chi connectivity index (χ3v) is 4.76. The number of amides is 2. The number of rotatable bonds is 2. The number of carbonyl (C=O) groups excluding carboxylic acids is 3. The Balaban J connectivity index is 1.88. The summed E-state index contributed by atoms with van der Waals surface area (Å²) in [5.41, 5.74) is -1.01. The number of hydrogen-bond acceptors (Lipinski definition) is 4. The number of piperazine rings is 1. The molecular formula is C19H23FN2O4. The molecule has 2 saturated heterocycles. The van der Waals surface area contributed by atoms with Gasteiger partial charge in [0.25, 0.3) is 0 Å². The van der Waals surface area contributed by atoms with E-state index in [4.69, 9.17) is 4.74 Å². The van der Waals surface area contributed by atoms with Crippen molar-refractivity contribution in [3.8, 4) is 0 Å². The highest BCUT2D eigenvalue weighted by Crippen LogP contribution is 2.34. The molecule has 0 saturated carbocycles. The quantitative estimate of drug-likeness (QED) is 0.756. The van der Waals surface area contributed by atoms with Crippen LogP contribution < -0.4 is 0 Å². The van der Waals surface area contributed by atoms with Gasteiger partial charge in [0.15, 0.2) is 5.78 Å². The molecule has 3 rings (SSSR count). The van der Waals surface area contributed by atoms with Gasteiger partial charge in [0.2, 0.25) is 5.91 Å². The van der Waals surface area contributed by atoms with Crippen molar-refractivity contribution in [2.75, 3.05) is 19.6 Å². The number of ketones is 1. The molecule has 140 valence electrons. The van der Waals surface area contributed by atoms with Gasteiger partial charge in [-0.05, 0) is 38.5 Å². The van der Waals surface area contributed by atoms with Crippen molar-refractivity contribution in [1.29, 1.82) is 0 Å². The maximum absolute atomic E-state index is 13.2. The Labute approximate surface area is 151 Å². The van der Waals surface area contributed by atoms with E-state index in [1.807, 2.05) is 0 Å². The van der Waals surface area contributed by atoms with E-state index in [1.54, 1.807) is 37.8 Å². The number of fused-ring (bicyclic) bond motifs is 1. The van der Waals surface area contributed by atoms with E-state index < -0.39 is 17.2 Å². The molecule has 0 aromatic heterocycles. The maximum atomic E-state index is 13.2. The molecule has 1 unspecified atom stereocenters. The fourth-order valence-corrected chi connectivity index (χ4v) is 3.59. The predicted molar refractivity (Wildman–Crippen MR) is 92.0 cm³/mol. The summed E-state index contributed by atoms with van der Waals surface area (Å²) in [7, 11) is 0. The van der Waals surface area contributed by atoms with E-state index in [2.05, 4.69) is 0 Å². The molecule has 26 heavy (non-hydrogen) atoms. The average Bonchev–Trinajstić information content (AvgIpc) is 2.78. The summed E-state index contributed by atoms with van der Waals surface area (Å²) in [4.78, 5) is 40.6. The van der Waals surface area contributed by atoms with E-state index in [9.17, 15) is 18.8 Å². The summed E-state index contributed by atoms with van der Waals surface area (Å²) in [6.07, 6.45) is -0.414. The first-order chi connectivity index (χ1) is 12.1. The van der Waals surface area contributed by atoms with Gasteiger partial charge in [-0.15, -0.1) is 0 Å². The van der Waals surface area contributed by atoms with Gasteiger partial charge in [-0.3, -0.25) is 9.59 Å². The standard InChI is InChI=1S/C19H23FN2O4/c1-18(2,3)26-17(25)21-8-9-22-16(24)10-15(23)19(22,12-21)11-13-4-6-14(20)7-5-13/h4-7H,8-12H2,1-3H3. The second-order valence-corrected chi connectivity index (χ2v) is 7.88. The number of nitrogens with zero attached hydrogens (tertiary/aromatic N) is 2. The van der Waals surface area contributed by atoms with Crippen LogP contribution in [0.3, 0.4) is 0 Å². The SMILES string of the molecule is CC(C)(C)OC(=O)N1CCN2C(=O)CC(=O)C2(Cc2ccc(F)cc2)C1. The second-order valence-electron chi connectivity index (χ2n) is 7.88. The van der Waals surface area contributed by atoms with Crippen molar-refractivity contribution in [1.82, 2.24) is 9.80 Å². The Bertz CT molecular complexity index is 741. The number of benzene rings is 1. The number of Topliss-reactive ketones (excluding diaryl/α,β-unsaturated/α-hetero) is 1. The normalized spacial score (nSPS) is 23.2. The molecule has 0 aliphatic carbocycles. The topological polar surface area (TPSA) is 66.9 Å². The van der Waals surface area contributed by atoms with Crippen LogP contribution in [0.2, 0.25) is 0 Å². The van der Waals surface area contributed by atoms with Gasteiger partial charge in [-0.25, -0.2) is 9.18 Å². The molecule has 7 heteroatoms. The van der Waals surface area contributed by atoms with Gasteiger partial charge >= 0.3 is 6.09 Å². The molecule has 1 atom stereocenters. The molecule has 0 radical (unpaired) electrons. The summed E-state index contributed by atoms with van der Waals surface area (Å²) in [6, 6.07) is 5.85. The molecule has 1 aromatic rings. The minimum absolute atomic E-state index is 0.0872. The first-order valence-electron chi connectivity index (χ1n) is 8.67. The Morgan fingerprint density at radius 3 is 2.46 bits per heavy atom. The molecule has 2 aliphatic heterocycles. The number of halogens is 1. The first-order valence-corrected chi connectivity index (χ1v) is 8.67. The molecule has 6 nitrogen and oxygen atoms in total. The lowest BCUT2D eigenvalue weighted by atomic mass is 9.85. The van der Waals surface area contributed by atoms with Gasteiger partial charge in [-0.1, -0.05) is 12.1 Å². The van der Waals surface area contributed by atoms with Crippen LogP contribution in [0.25, 0.3) is 0 Å². The van der Waals surface area contributed by atoms with Crippen LogP contribution >= 0.6 is 0 Å². The molecule has 0 bridgehead atoms. The highest BCUT2D eigenvalue weighted by molar-refractivity contribution is 6.10. The van der Waals surface area contributed by atoms with Crippen LogP contribution in [-0.2, 0) is 20.7 Å². The summed E-state index contributed by atoms with van der Waals surface area (Å²) < 4.78 is 18.6. The molecule has 2 amide bonds. The van der Waals surface area contributed by atoms with Gasteiger partial charge in [-0.2, -0.15) is 0 Å². The third kappa shape index (κ3) is 3.43. The minimum Gasteiger partial charge on any atom is -0.444 e. The van der Waals surface area contributed by atoms with Crippen molar-refractivity contribution in [3.05, 3.63) is 35.6 Å². The van der Waals surface area contributed by atoms with E-state index in [-0.39, 0.29) is 43.4 Å². The second kappa shape index (κ2) is 6.37. The lowest BCUT2D eigenvalue weighted by molar-refractivity contribution is -0.137. The van der Waals surface area contributed by atoms with Crippen LogP contribution in [0.4, 0.5) is 9.18 Å². The van der Waals surface area contributed by atoms with Crippen LogP contribution in [0.5, 0.6) is 0 Å². The predicted octanol–water partition coefficient (Wildman–Crippen LogP) is 2.16. The van der Waals surface area contributed by atoms with Crippen LogP contribution in [0.1, 0.15) is 32.8 Å². The number of hydrogen-bond donors (Lipinski definition) is 0. The number of carbonyl (C=O) groups is 3. The van der Waals surface area contributed by atoms with Crippen molar-refractivity contribution in [2.24, 2.45) is 0 Å². The fourth-order valence-electron chi connectivity index (χ4n) is 3.59. The Morgan fingerprint density at radius 2 is 1.85 bits per heavy atom. The molecule has 1 aromatic carbocycles. The summed E-state index contributed by atoms with van der Waals surface area (Å²) in [5, 5.41) is 0. The zero-order chi connectivity index (χ0) is 19.1. The lowest BCUT2D eigenvalue weighted by Crippen LogP contribution is -2.65. The third-order valence-electron chi connectivity index (χ3n) is 4.76. The van der Waals surface area contributed by atoms with Crippen molar-refractivity contribution in [3.63, 3.8) is 0 Å². The van der Waals surface area contributed by atoms with Gasteiger partial charge in [0, 0.05) is 19.5 Å². The van der Waals surface area contributed by atoms with Crippen molar-refractivity contribution >= 4 is 17.8 Å². The summed E-state index contributed by atoms with van der Waals surface area (Å²) in [5.74, 6) is -0.794.